The lowest BCUT2D eigenvalue weighted by Gasteiger charge is -2.17. The van der Waals surface area contributed by atoms with Crippen LogP contribution in [0.3, 0.4) is 0 Å². The first kappa shape index (κ1) is 17.9. The Morgan fingerprint density at radius 1 is 1.08 bits per heavy atom. The minimum atomic E-state index is -0.256. The first-order valence-electron chi connectivity index (χ1n) is 8.47. The molecule has 0 aliphatic carbocycles. The Morgan fingerprint density at radius 2 is 1.85 bits per heavy atom. The highest BCUT2D eigenvalue weighted by Gasteiger charge is 2.21. The number of hydrogen-bond donors (Lipinski definition) is 1. The van der Waals surface area contributed by atoms with Crippen LogP contribution in [-0.4, -0.2) is 20.1 Å². The van der Waals surface area contributed by atoms with Crippen molar-refractivity contribution in [2.24, 2.45) is 0 Å². The number of benzene rings is 2. The van der Waals surface area contributed by atoms with Crippen molar-refractivity contribution < 1.29 is 18.7 Å². The van der Waals surface area contributed by atoms with Crippen LogP contribution < -0.4 is 14.8 Å². The van der Waals surface area contributed by atoms with Gasteiger partial charge in [-0.25, -0.2) is 0 Å². The van der Waals surface area contributed by atoms with Crippen molar-refractivity contribution in [3.05, 3.63) is 58.8 Å². The lowest BCUT2D eigenvalue weighted by molar-refractivity contribution is 0.0913. The van der Waals surface area contributed by atoms with Gasteiger partial charge in [-0.3, -0.25) is 4.79 Å². The van der Waals surface area contributed by atoms with Crippen LogP contribution in [0.2, 0.25) is 0 Å². The van der Waals surface area contributed by atoms with E-state index in [1.165, 1.54) is 0 Å². The molecule has 0 spiro atoms. The summed E-state index contributed by atoms with van der Waals surface area (Å²) in [4.78, 5) is 12.8. The Bertz CT molecular complexity index is 958. The minimum absolute atomic E-state index is 0.223. The number of carbonyl (C=O) groups excluding carboxylic acids is 1. The highest BCUT2D eigenvalue weighted by Crippen LogP contribution is 2.30. The summed E-state index contributed by atoms with van der Waals surface area (Å²) in [5.41, 5.74) is 3.49. The van der Waals surface area contributed by atoms with E-state index >= 15 is 0 Å². The maximum Gasteiger partial charge on any atom is 0.287 e. The number of methoxy groups -OCH3 is 2. The molecule has 1 atom stereocenters. The fourth-order valence-electron chi connectivity index (χ4n) is 3.08. The van der Waals surface area contributed by atoms with Gasteiger partial charge in [-0.2, -0.15) is 0 Å². The molecule has 136 valence electrons. The van der Waals surface area contributed by atoms with Crippen LogP contribution in [-0.2, 0) is 0 Å². The van der Waals surface area contributed by atoms with Crippen molar-refractivity contribution in [1.82, 2.24) is 5.32 Å². The number of rotatable bonds is 5. The summed E-state index contributed by atoms with van der Waals surface area (Å²) in [5, 5.41) is 3.87. The summed E-state index contributed by atoms with van der Waals surface area (Å²) < 4.78 is 16.4. The number of ether oxygens (including phenoxy) is 2. The largest absolute Gasteiger partial charge is 0.497 e. The molecule has 1 N–H and O–H groups in total. The van der Waals surface area contributed by atoms with Crippen molar-refractivity contribution >= 4 is 16.9 Å². The summed E-state index contributed by atoms with van der Waals surface area (Å²) in [6.45, 7) is 5.81. The smallest absolute Gasteiger partial charge is 0.287 e. The van der Waals surface area contributed by atoms with Crippen LogP contribution in [0.15, 0.2) is 40.8 Å². The van der Waals surface area contributed by atoms with E-state index < -0.39 is 0 Å². The zero-order valence-corrected chi connectivity index (χ0v) is 15.7. The highest BCUT2D eigenvalue weighted by atomic mass is 16.5. The summed E-state index contributed by atoms with van der Waals surface area (Å²) in [5.74, 6) is 1.53. The van der Waals surface area contributed by atoms with E-state index in [-0.39, 0.29) is 11.9 Å². The average Bonchev–Trinajstić information content (AvgIpc) is 2.97. The van der Waals surface area contributed by atoms with Gasteiger partial charge in [0.2, 0.25) is 0 Å². The van der Waals surface area contributed by atoms with Crippen LogP contribution >= 0.6 is 0 Å². The fourth-order valence-corrected chi connectivity index (χ4v) is 3.08. The van der Waals surface area contributed by atoms with Gasteiger partial charge in [0.05, 0.1) is 20.3 Å². The van der Waals surface area contributed by atoms with Crippen LogP contribution in [0.4, 0.5) is 0 Å². The second-order valence-electron chi connectivity index (χ2n) is 6.36. The molecule has 0 saturated heterocycles. The summed E-state index contributed by atoms with van der Waals surface area (Å²) >= 11 is 0. The summed E-state index contributed by atoms with van der Waals surface area (Å²) in [6.07, 6.45) is 0. The molecule has 3 aromatic rings. The van der Waals surface area contributed by atoms with Crippen LogP contribution in [0.5, 0.6) is 11.5 Å². The Kier molecular flexibility index (Phi) is 4.89. The first-order chi connectivity index (χ1) is 12.4. The van der Waals surface area contributed by atoms with Crippen molar-refractivity contribution in [2.75, 3.05) is 14.2 Å². The zero-order valence-electron chi connectivity index (χ0n) is 15.7. The molecule has 1 amide bonds. The molecule has 0 fully saturated rings. The standard InChI is InChI=1S/C21H23NO4/c1-12-6-8-18(25-5)17(10-12)14(3)22-21(23)20-13(2)16-11-15(24-4)7-9-19(16)26-20/h6-11,14H,1-5H3,(H,22,23)/t14-/m1/s1. The third-order valence-corrected chi connectivity index (χ3v) is 4.55. The third kappa shape index (κ3) is 3.25. The van der Waals surface area contributed by atoms with E-state index in [1.54, 1.807) is 14.2 Å². The second-order valence-corrected chi connectivity index (χ2v) is 6.36. The molecule has 0 unspecified atom stereocenters. The molecule has 5 heteroatoms. The maximum atomic E-state index is 12.8. The average molecular weight is 353 g/mol. The van der Waals surface area contributed by atoms with E-state index in [9.17, 15) is 4.79 Å². The molecule has 1 aromatic heterocycles. The van der Waals surface area contributed by atoms with Gasteiger partial charge in [0.1, 0.15) is 17.1 Å². The van der Waals surface area contributed by atoms with Gasteiger partial charge in [-0.1, -0.05) is 17.7 Å². The number of hydrogen-bond acceptors (Lipinski definition) is 4. The normalized spacial score (nSPS) is 12.0. The highest BCUT2D eigenvalue weighted by molar-refractivity contribution is 5.99. The zero-order chi connectivity index (χ0) is 18.8. The topological polar surface area (TPSA) is 60.7 Å². The first-order valence-corrected chi connectivity index (χ1v) is 8.47. The monoisotopic (exact) mass is 353 g/mol. The Balaban J connectivity index is 1.89. The number of aryl methyl sites for hydroxylation is 2. The van der Waals surface area contributed by atoms with E-state index in [1.807, 2.05) is 57.2 Å². The van der Waals surface area contributed by atoms with Crippen LogP contribution in [0, 0.1) is 13.8 Å². The van der Waals surface area contributed by atoms with E-state index in [2.05, 4.69) is 5.32 Å². The van der Waals surface area contributed by atoms with Crippen molar-refractivity contribution in [1.29, 1.82) is 0 Å². The molecule has 1 heterocycles. The molecule has 0 aliphatic heterocycles. The predicted molar refractivity (Wildman–Crippen MR) is 101 cm³/mol. The fraction of sp³-hybridized carbons (Fsp3) is 0.286. The molecular formula is C21H23NO4. The lowest BCUT2D eigenvalue weighted by atomic mass is 10.0. The van der Waals surface area contributed by atoms with Crippen LogP contribution in [0.25, 0.3) is 11.0 Å². The molecule has 5 nitrogen and oxygen atoms in total. The number of amides is 1. The minimum Gasteiger partial charge on any atom is -0.497 e. The number of nitrogens with one attached hydrogen (secondary N) is 1. The lowest BCUT2D eigenvalue weighted by Crippen LogP contribution is -2.27. The predicted octanol–water partition coefficient (Wildman–Crippen LogP) is 4.56. The van der Waals surface area contributed by atoms with Crippen molar-refractivity contribution in [3.8, 4) is 11.5 Å². The molecule has 0 radical (unpaired) electrons. The van der Waals surface area contributed by atoms with E-state index in [0.717, 1.165) is 33.6 Å². The van der Waals surface area contributed by atoms with E-state index in [0.29, 0.717) is 11.3 Å². The summed E-state index contributed by atoms with van der Waals surface area (Å²) in [6, 6.07) is 11.2. The molecule has 0 saturated carbocycles. The quantitative estimate of drug-likeness (QED) is 0.730. The number of carbonyl (C=O) groups is 1. The van der Waals surface area contributed by atoms with Gasteiger partial charge in [-0.15, -0.1) is 0 Å². The molecule has 0 bridgehead atoms. The Labute approximate surface area is 152 Å². The molecular weight excluding hydrogens is 330 g/mol. The number of fused-ring (bicyclic) bond motifs is 1. The van der Waals surface area contributed by atoms with Gasteiger partial charge < -0.3 is 19.2 Å². The molecule has 3 rings (SSSR count). The third-order valence-electron chi connectivity index (χ3n) is 4.55. The van der Waals surface area contributed by atoms with Gasteiger partial charge >= 0.3 is 0 Å². The molecule has 26 heavy (non-hydrogen) atoms. The van der Waals surface area contributed by atoms with Gasteiger partial charge in [0.15, 0.2) is 5.76 Å². The Hall–Kier alpha value is -2.95. The van der Waals surface area contributed by atoms with Gasteiger partial charge in [0.25, 0.3) is 5.91 Å². The maximum absolute atomic E-state index is 12.8. The summed E-state index contributed by atoms with van der Waals surface area (Å²) in [7, 11) is 3.24. The van der Waals surface area contributed by atoms with Gasteiger partial charge in [0, 0.05) is 16.5 Å². The second kappa shape index (κ2) is 7.12. The molecule has 2 aromatic carbocycles. The Morgan fingerprint density at radius 3 is 2.54 bits per heavy atom. The van der Waals surface area contributed by atoms with Crippen molar-refractivity contribution in [3.63, 3.8) is 0 Å². The SMILES string of the molecule is COc1ccc2oc(C(=O)N[C@H](C)c3cc(C)ccc3OC)c(C)c2c1. The van der Waals surface area contributed by atoms with Gasteiger partial charge in [-0.05, 0) is 45.0 Å². The molecule has 0 aliphatic rings. The van der Waals surface area contributed by atoms with Crippen molar-refractivity contribution in [2.45, 2.75) is 26.8 Å². The number of furan rings is 1. The van der Waals surface area contributed by atoms with Crippen LogP contribution in [0.1, 0.15) is 40.2 Å². The van der Waals surface area contributed by atoms with E-state index in [4.69, 9.17) is 13.9 Å².